The normalized spacial score (nSPS) is 20.9. The van der Waals surface area contributed by atoms with E-state index in [1.54, 1.807) is 6.07 Å². The first-order valence-corrected chi connectivity index (χ1v) is 6.89. The number of aliphatic hydroxyl groups is 1. The van der Waals surface area contributed by atoms with Crippen LogP contribution in [0.2, 0.25) is 0 Å². The standard InChI is InChI=1S/C17H18FNO/c1-11-8-14(18)7-6-13(11)10-19-17-15-5-3-2-4-12(15)9-16(17)20/h2-8,16-17,19-20H,9-10H2,1H3/t16-,17+/m0/s1. The number of nitrogens with one attached hydrogen (secondary N) is 1. The maximum absolute atomic E-state index is 13.1. The Hall–Kier alpha value is -1.71. The summed E-state index contributed by atoms with van der Waals surface area (Å²) < 4.78 is 13.1. The molecule has 2 aromatic rings. The van der Waals surface area contributed by atoms with Crippen molar-refractivity contribution in [1.29, 1.82) is 0 Å². The molecular weight excluding hydrogens is 253 g/mol. The van der Waals surface area contributed by atoms with Gasteiger partial charge in [-0.05, 0) is 41.3 Å². The molecule has 0 aliphatic heterocycles. The van der Waals surface area contributed by atoms with Crippen molar-refractivity contribution in [3.8, 4) is 0 Å². The van der Waals surface area contributed by atoms with E-state index in [1.165, 1.54) is 23.3 Å². The molecule has 3 rings (SSSR count). The molecule has 0 saturated heterocycles. The smallest absolute Gasteiger partial charge is 0.123 e. The molecule has 0 radical (unpaired) electrons. The van der Waals surface area contributed by atoms with E-state index >= 15 is 0 Å². The van der Waals surface area contributed by atoms with Crippen molar-refractivity contribution in [3.05, 3.63) is 70.5 Å². The van der Waals surface area contributed by atoms with E-state index < -0.39 is 6.10 Å². The van der Waals surface area contributed by atoms with Gasteiger partial charge in [0.2, 0.25) is 0 Å². The van der Waals surface area contributed by atoms with Gasteiger partial charge in [0.15, 0.2) is 0 Å². The van der Waals surface area contributed by atoms with Crippen LogP contribution in [0.4, 0.5) is 4.39 Å². The summed E-state index contributed by atoms with van der Waals surface area (Å²) in [6.07, 6.45) is 0.295. The van der Waals surface area contributed by atoms with Crippen LogP contribution in [0.25, 0.3) is 0 Å². The molecular formula is C17H18FNO. The van der Waals surface area contributed by atoms with Crippen LogP contribution in [0.3, 0.4) is 0 Å². The first-order valence-electron chi connectivity index (χ1n) is 6.89. The van der Waals surface area contributed by atoms with Crippen LogP contribution in [-0.4, -0.2) is 11.2 Å². The number of hydrogen-bond acceptors (Lipinski definition) is 2. The highest BCUT2D eigenvalue weighted by atomic mass is 19.1. The number of benzene rings is 2. The molecule has 20 heavy (non-hydrogen) atoms. The number of aryl methyl sites for hydroxylation is 1. The maximum Gasteiger partial charge on any atom is 0.123 e. The molecule has 1 aliphatic rings. The lowest BCUT2D eigenvalue weighted by atomic mass is 10.1. The van der Waals surface area contributed by atoms with Crippen molar-refractivity contribution < 1.29 is 9.50 Å². The summed E-state index contributed by atoms with van der Waals surface area (Å²) in [5.74, 6) is -0.211. The first kappa shape index (κ1) is 13.3. The topological polar surface area (TPSA) is 32.3 Å². The summed E-state index contributed by atoms with van der Waals surface area (Å²) >= 11 is 0. The van der Waals surface area contributed by atoms with Crippen molar-refractivity contribution >= 4 is 0 Å². The fraction of sp³-hybridized carbons (Fsp3) is 0.294. The number of aliphatic hydroxyl groups excluding tert-OH is 1. The second kappa shape index (κ2) is 5.35. The van der Waals surface area contributed by atoms with Crippen LogP contribution >= 0.6 is 0 Å². The van der Waals surface area contributed by atoms with Crippen LogP contribution in [0, 0.1) is 12.7 Å². The number of rotatable bonds is 3. The molecule has 2 aromatic carbocycles. The fourth-order valence-electron chi connectivity index (χ4n) is 2.90. The van der Waals surface area contributed by atoms with Gasteiger partial charge in [0, 0.05) is 13.0 Å². The molecule has 0 bridgehead atoms. The Balaban J connectivity index is 1.75. The summed E-state index contributed by atoms with van der Waals surface area (Å²) in [6.45, 7) is 2.53. The summed E-state index contributed by atoms with van der Waals surface area (Å²) in [4.78, 5) is 0. The van der Waals surface area contributed by atoms with E-state index in [0.717, 1.165) is 11.1 Å². The van der Waals surface area contributed by atoms with Gasteiger partial charge in [-0.3, -0.25) is 0 Å². The quantitative estimate of drug-likeness (QED) is 0.899. The van der Waals surface area contributed by atoms with E-state index in [-0.39, 0.29) is 11.9 Å². The minimum Gasteiger partial charge on any atom is -0.391 e. The van der Waals surface area contributed by atoms with E-state index in [0.29, 0.717) is 13.0 Å². The lowest BCUT2D eigenvalue weighted by Gasteiger charge is -2.18. The number of hydrogen-bond donors (Lipinski definition) is 2. The second-order valence-corrected chi connectivity index (χ2v) is 5.40. The Morgan fingerprint density at radius 3 is 2.85 bits per heavy atom. The molecule has 0 heterocycles. The molecule has 0 aromatic heterocycles. The second-order valence-electron chi connectivity index (χ2n) is 5.40. The predicted octanol–water partition coefficient (Wildman–Crippen LogP) is 2.88. The van der Waals surface area contributed by atoms with E-state index in [4.69, 9.17) is 0 Å². The molecule has 1 aliphatic carbocycles. The van der Waals surface area contributed by atoms with Crippen molar-refractivity contribution in [2.45, 2.75) is 32.0 Å². The van der Waals surface area contributed by atoms with Crippen LogP contribution < -0.4 is 5.32 Å². The highest BCUT2D eigenvalue weighted by Gasteiger charge is 2.30. The van der Waals surface area contributed by atoms with Crippen LogP contribution in [0.5, 0.6) is 0 Å². The molecule has 0 spiro atoms. The van der Waals surface area contributed by atoms with Gasteiger partial charge in [0.1, 0.15) is 5.82 Å². The third-order valence-electron chi connectivity index (χ3n) is 4.02. The Morgan fingerprint density at radius 2 is 2.05 bits per heavy atom. The van der Waals surface area contributed by atoms with Crippen LogP contribution in [0.15, 0.2) is 42.5 Å². The third-order valence-corrected chi connectivity index (χ3v) is 4.02. The van der Waals surface area contributed by atoms with Crippen LogP contribution in [0.1, 0.15) is 28.3 Å². The summed E-state index contributed by atoms with van der Waals surface area (Å²) in [7, 11) is 0. The Bertz CT molecular complexity index is 626. The Kier molecular flexibility index (Phi) is 3.55. The molecule has 2 atom stereocenters. The monoisotopic (exact) mass is 271 g/mol. The van der Waals surface area contributed by atoms with Crippen molar-refractivity contribution in [3.63, 3.8) is 0 Å². The predicted molar refractivity (Wildman–Crippen MR) is 76.9 cm³/mol. The molecule has 0 amide bonds. The highest BCUT2D eigenvalue weighted by molar-refractivity contribution is 5.36. The zero-order chi connectivity index (χ0) is 14.1. The third kappa shape index (κ3) is 2.47. The van der Waals surface area contributed by atoms with Gasteiger partial charge in [-0.15, -0.1) is 0 Å². The molecule has 0 saturated carbocycles. The lowest BCUT2D eigenvalue weighted by molar-refractivity contribution is 0.140. The van der Waals surface area contributed by atoms with Gasteiger partial charge < -0.3 is 10.4 Å². The number of fused-ring (bicyclic) bond motifs is 1. The lowest BCUT2D eigenvalue weighted by Crippen LogP contribution is -2.28. The Morgan fingerprint density at radius 1 is 1.25 bits per heavy atom. The van der Waals surface area contributed by atoms with Gasteiger partial charge >= 0.3 is 0 Å². The number of halogens is 1. The minimum absolute atomic E-state index is 0.0457. The SMILES string of the molecule is Cc1cc(F)ccc1CN[C@@H]1c2ccccc2C[C@@H]1O. The highest BCUT2D eigenvalue weighted by Crippen LogP contribution is 2.31. The molecule has 0 fully saturated rings. The molecule has 104 valence electrons. The molecule has 2 nitrogen and oxygen atoms in total. The average Bonchev–Trinajstić information content (AvgIpc) is 2.74. The van der Waals surface area contributed by atoms with Gasteiger partial charge in [0.25, 0.3) is 0 Å². The average molecular weight is 271 g/mol. The maximum atomic E-state index is 13.1. The van der Waals surface area contributed by atoms with Crippen LogP contribution in [-0.2, 0) is 13.0 Å². The summed E-state index contributed by atoms with van der Waals surface area (Å²) in [6, 6.07) is 12.9. The van der Waals surface area contributed by atoms with Gasteiger partial charge in [-0.25, -0.2) is 4.39 Å². The van der Waals surface area contributed by atoms with E-state index in [2.05, 4.69) is 17.4 Å². The van der Waals surface area contributed by atoms with Crippen molar-refractivity contribution in [1.82, 2.24) is 5.32 Å². The van der Waals surface area contributed by atoms with E-state index in [9.17, 15) is 9.50 Å². The Labute approximate surface area is 118 Å². The molecule has 0 unspecified atom stereocenters. The minimum atomic E-state index is -0.395. The van der Waals surface area contributed by atoms with E-state index in [1.807, 2.05) is 19.1 Å². The molecule has 2 N–H and O–H groups in total. The zero-order valence-corrected chi connectivity index (χ0v) is 11.4. The first-order chi connectivity index (χ1) is 9.65. The zero-order valence-electron chi connectivity index (χ0n) is 11.4. The van der Waals surface area contributed by atoms with Crippen molar-refractivity contribution in [2.24, 2.45) is 0 Å². The summed E-state index contributed by atoms with van der Waals surface area (Å²) in [5.41, 5.74) is 4.36. The molecule has 3 heteroatoms. The van der Waals surface area contributed by atoms with Gasteiger partial charge in [-0.1, -0.05) is 30.3 Å². The summed E-state index contributed by atoms with van der Waals surface area (Å²) in [5, 5.41) is 13.6. The van der Waals surface area contributed by atoms with Gasteiger partial charge in [0.05, 0.1) is 12.1 Å². The van der Waals surface area contributed by atoms with Gasteiger partial charge in [-0.2, -0.15) is 0 Å². The largest absolute Gasteiger partial charge is 0.391 e. The van der Waals surface area contributed by atoms with Crippen molar-refractivity contribution in [2.75, 3.05) is 0 Å². The fourth-order valence-corrected chi connectivity index (χ4v) is 2.90.